The van der Waals surface area contributed by atoms with Gasteiger partial charge in [0.15, 0.2) is 5.13 Å². The van der Waals surface area contributed by atoms with Crippen molar-refractivity contribution in [3.8, 4) is 0 Å². The molecule has 2 saturated heterocycles. The van der Waals surface area contributed by atoms with Gasteiger partial charge in [-0.05, 0) is 25.3 Å². The van der Waals surface area contributed by atoms with Crippen LogP contribution in [-0.2, 0) is 16.1 Å². The van der Waals surface area contributed by atoms with Crippen LogP contribution in [0.25, 0.3) is 0 Å². The van der Waals surface area contributed by atoms with Crippen LogP contribution in [-0.4, -0.2) is 71.3 Å². The van der Waals surface area contributed by atoms with Gasteiger partial charge in [-0.1, -0.05) is 17.4 Å². The lowest BCUT2D eigenvalue weighted by Crippen LogP contribution is -2.49. The smallest absolute Gasteiger partial charge is 0.290 e. The third kappa shape index (κ3) is 4.35. The molecule has 0 radical (unpaired) electrons. The molecule has 5 heterocycles. The summed E-state index contributed by atoms with van der Waals surface area (Å²) in [4.78, 5) is 43.4. The minimum atomic E-state index is -0.250. The molecule has 5 rings (SSSR count). The molecule has 2 aromatic heterocycles. The topological polar surface area (TPSA) is 105 Å². The number of aromatic nitrogens is 2. The van der Waals surface area contributed by atoms with Crippen molar-refractivity contribution in [2.24, 2.45) is 5.92 Å². The third-order valence-corrected chi connectivity index (χ3v) is 7.23. The quantitative estimate of drug-likeness (QED) is 0.696. The minimum Gasteiger partial charge on any atom is -0.483 e. The Morgan fingerprint density at radius 2 is 2.00 bits per heavy atom. The zero-order chi connectivity index (χ0) is 22.0. The Labute approximate surface area is 183 Å². The van der Waals surface area contributed by atoms with Crippen molar-refractivity contribution in [1.29, 1.82) is 0 Å². The lowest BCUT2D eigenvalue weighted by atomic mass is 9.83. The molecule has 2 fully saturated rings. The second-order valence-corrected chi connectivity index (χ2v) is 9.00. The van der Waals surface area contributed by atoms with Gasteiger partial charge in [-0.25, -0.2) is 4.98 Å². The maximum atomic E-state index is 13.3. The summed E-state index contributed by atoms with van der Waals surface area (Å²) in [7, 11) is 0. The molecule has 1 N–H and O–H groups in total. The van der Waals surface area contributed by atoms with Crippen LogP contribution in [0.2, 0.25) is 0 Å². The molecule has 3 aliphatic heterocycles. The van der Waals surface area contributed by atoms with Crippen LogP contribution >= 0.6 is 11.3 Å². The number of hydrogen-bond acceptors (Lipinski definition) is 7. The van der Waals surface area contributed by atoms with Crippen LogP contribution in [0, 0.1) is 12.8 Å². The van der Waals surface area contributed by atoms with E-state index in [2.05, 4.69) is 9.88 Å². The van der Waals surface area contributed by atoms with E-state index >= 15 is 0 Å². The van der Waals surface area contributed by atoms with E-state index < -0.39 is 0 Å². The first-order chi connectivity index (χ1) is 15.0. The van der Waals surface area contributed by atoms with Gasteiger partial charge in [0.05, 0.1) is 18.9 Å². The number of likely N-dealkylation sites (tertiary alicyclic amines) is 1. The summed E-state index contributed by atoms with van der Waals surface area (Å²) in [6, 6.07) is 5.49. The molecule has 3 aliphatic rings. The molecular weight excluding hydrogens is 420 g/mol. The Morgan fingerprint density at radius 3 is 2.74 bits per heavy atom. The molecule has 9 nitrogen and oxygen atoms in total. The van der Waals surface area contributed by atoms with Crippen molar-refractivity contribution in [3.05, 3.63) is 44.8 Å². The van der Waals surface area contributed by atoms with Crippen LogP contribution in [0.3, 0.4) is 0 Å². The Kier molecular flexibility index (Phi) is 6.38. The summed E-state index contributed by atoms with van der Waals surface area (Å²) in [5, 5.41) is 7.80. The van der Waals surface area contributed by atoms with E-state index in [4.69, 9.17) is 14.6 Å². The fourth-order valence-corrected chi connectivity index (χ4v) is 5.76. The van der Waals surface area contributed by atoms with Crippen molar-refractivity contribution < 1.29 is 19.4 Å². The average Bonchev–Trinajstić information content (AvgIpc) is 3.17. The summed E-state index contributed by atoms with van der Waals surface area (Å²) >= 11 is 1.50. The van der Waals surface area contributed by atoms with Crippen LogP contribution in [0.5, 0.6) is 0 Å². The van der Waals surface area contributed by atoms with Gasteiger partial charge in [-0.2, -0.15) is 0 Å². The van der Waals surface area contributed by atoms with Gasteiger partial charge in [0.25, 0.3) is 17.9 Å². The number of ether oxygens (including phenoxy) is 1. The number of carbonyl (C=O) groups is 2. The number of piperidine rings is 1. The van der Waals surface area contributed by atoms with Crippen molar-refractivity contribution in [1.82, 2.24) is 14.5 Å². The number of pyridine rings is 1. The molecule has 0 unspecified atom stereocenters. The van der Waals surface area contributed by atoms with E-state index in [0.717, 1.165) is 40.9 Å². The Balaban J connectivity index is 0.000000730. The average molecular weight is 447 g/mol. The highest BCUT2D eigenvalue weighted by molar-refractivity contribution is 7.17. The lowest BCUT2D eigenvalue weighted by Gasteiger charge is -2.42. The predicted molar refractivity (Wildman–Crippen MR) is 116 cm³/mol. The van der Waals surface area contributed by atoms with Gasteiger partial charge in [0.1, 0.15) is 4.88 Å². The number of amides is 1. The van der Waals surface area contributed by atoms with Crippen LogP contribution < -0.4 is 10.5 Å². The van der Waals surface area contributed by atoms with E-state index in [9.17, 15) is 9.59 Å². The van der Waals surface area contributed by atoms with Gasteiger partial charge in [0.2, 0.25) is 0 Å². The van der Waals surface area contributed by atoms with Gasteiger partial charge in [0, 0.05) is 50.4 Å². The number of hydrogen-bond donors (Lipinski definition) is 1. The van der Waals surface area contributed by atoms with E-state index in [1.165, 1.54) is 11.3 Å². The number of nitrogens with zero attached hydrogens (tertiary/aromatic N) is 4. The van der Waals surface area contributed by atoms with E-state index in [1.807, 2.05) is 28.5 Å². The number of aryl methyl sites for hydroxylation is 1. The second-order valence-electron chi connectivity index (χ2n) is 8.02. The van der Waals surface area contributed by atoms with E-state index in [0.29, 0.717) is 38.8 Å². The summed E-state index contributed by atoms with van der Waals surface area (Å²) in [5.74, 6) is 0.649. The SMILES string of the molecule is Cc1nc(N2CCOCC2)sc1C(=O)N1C[C@@H]2C[C@H](C1)c1cccc(=O)n1C2.O=CO. The maximum absolute atomic E-state index is 13.3. The van der Waals surface area contributed by atoms with Gasteiger partial charge in [-0.15, -0.1) is 0 Å². The fraction of sp³-hybridized carbons (Fsp3) is 0.524. The highest BCUT2D eigenvalue weighted by atomic mass is 32.1. The molecule has 2 bridgehead atoms. The maximum Gasteiger partial charge on any atom is 0.290 e. The number of carbonyl (C=O) groups excluding carboxylic acids is 1. The van der Waals surface area contributed by atoms with Crippen LogP contribution in [0.15, 0.2) is 23.0 Å². The van der Waals surface area contributed by atoms with Crippen molar-refractivity contribution in [2.45, 2.75) is 25.8 Å². The summed E-state index contributed by atoms with van der Waals surface area (Å²) < 4.78 is 7.31. The highest BCUT2D eigenvalue weighted by Gasteiger charge is 2.37. The summed E-state index contributed by atoms with van der Waals surface area (Å²) in [6.07, 6.45) is 1.05. The number of fused-ring (bicyclic) bond motifs is 4. The third-order valence-electron chi connectivity index (χ3n) is 6.03. The minimum absolute atomic E-state index is 0.0698. The number of thiazole rings is 1. The molecule has 2 aromatic rings. The molecule has 10 heteroatoms. The first-order valence-electron chi connectivity index (χ1n) is 10.4. The zero-order valence-electron chi connectivity index (χ0n) is 17.4. The zero-order valence-corrected chi connectivity index (χ0v) is 18.2. The fourth-order valence-electron chi connectivity index (χ4n) is 4.68. The first kappa shape index (κ1) is 21.5. The van der Waals surface area contributed by atoms with Gasteiger partial charge >= 0.3 is 0 Å². The predicted octanol–water partition coefficient (Wildman–Crippen LogP) is 1.41. The normalized spacial score (nSPS) is 22.2. The molecule has 0 spiro atoms. The molecular formula is C21H26N4O5S. The van der Waals surface area contributed by atoms with E-state index in [-0.39, 0.29) is 23.9 Å². The summed E-state index contributed by atoms with van der Waals surface area (Å²) in [6.45, 7) is 6.80. The number of carboxylic acid groups (broad SMARTS) is 1. The number of morpholine rings is 1. The van der Waals surface area contributed by atoms with Crippen LogP contribution in [0.1, 0.15) is 33.4 Å². The highest BCUT2D eigenvalue weighted by Crippen LogP contribution is 2.36. The van der Waals surface area contributed by atoms with Crippen molar-refractivity contribution in [3.63, 3.8) is 0 Å². The molecule has 0 aromatic carbocycles. The molecule has 0 saturated carbocycles. The lowest BCUT2D eigenvalue weighted by molar-refractivity contribution is -0.122. The van der Waals surface area contributed by atoms with Gasteiger partial charge < -0.3 is 24.2 Å². The van der Waals surface area contributed by atoms with Gasteiger partial charge in [-0.3, -0.25) is 14.4 Å². The Hall–Kier alpha value is -2.72. The Bertz CT molecular complexity index is 1010. The number of anilines is 1. The molecule has 1 amide bonds. The number of rotatable bonds is 2. The largest absolute Gasteiger partial charge is 0.483 e. The summed E-state index contributed by atoms with van der Waals surface area (Å²) in [5.41, 5.74) is 1.94. The molecule has 2 atom stereocenters. The molecule has 0 aliphatic carbocycles. The Morgan fingerprint density at radius 1 is 1.26 bits per heavy atom. The van der Waals surface area contributed by atoms with Crippen molar-refractivity contribution in [2.75, 3.05) is 44.3 Å². The van der Waals surface area contributed by atoms with Crippen LogP contribution in [0.4, 0.5) is 5.13 Å². The second kappa shape index (κ2) is 9.19. The molecule has 166 valence electrons. The van der Waals surface area contributed by atoms with Crippen molar-refractivity contribution >= 4 is 28.8 Å². The van der Waals surface area contributed by atoms with E-state index in [1.54, 1.807) is 6.07 Å². The first-order valence-corrected chi connectivity index (χ1v) is 11.2. The standard InChI is InChI=1S/C20H24N4O3S.CH2O2/c1-13-18(28-20(21-13)22-5-7-27-8-6-22)19(26)23-10-14-9-15(12-23)16-3-2-4-17(25)24(16)11-14;2-1-3/h2-4,14-15H,5-12H2,1H3;1H,(H,2,3)/t14-,15+;/m0./s1. The molecule has 31 heavy (non-hydrogen) atoms. The monoisotopic (exact) mass is 446 g/mol.